The summed E-state index contributed by atoms with van der Waals surface area (Å²) in [7, 11) is 0. The maximum atomic E-state index is 11.4. The van der Waals surface area contributed by atoms with E-state index in [2.05, 4.69) is 9.97 Å². The summed E-state index contributed by atoms with van der Waals surface area (Å²) in [6.45, 7) is 1.72. The third kappa shape index (κ3) is 2.32. The summed E-state index contributed by atoms with van der Waals surface area (Å²) in [4.78, 5) is 27.4. The minimum absolute atomic E-state index is 0.0429. The molecule has 4 nitrogen and oxygen atoms in total. The van der Waals surface area contributed by atoms with Crippen LogP contribution in [0.25, 0.3) is 0 Å². The summed E-state index contributed by atoms with van der Waals surface area (Å²) in [5, 5.41) is 0. The predicted octanol–water partition coefficient (Wildman–Crippen LogP) is -0.973. The summed E-state index contributed by atoms with van der Waals surface area (Å²) in [6.07, 6.45) is 0. The first-order chi connectivity index (χ1) is 7.66. The van der Waals surface area contributed by atoms with E-state index >= 15 is 0 Å². The van der Waals surface area contributed by atoms with Gasteiger partial charge in [0.05, 0.1) is 0 Å². The van der Waals surface area contributed by atoms with Crippen LogP contribution in [-0.2, 0) is 0 Å². The van der Waals surface area contributed by atoms with Gasteiger partial charge in [0.25, 0.3) is 0 Å². The fraction of sp³-hybridized carbons (Fsp3) is 0.0909. The zero-order valence-electron chi connectivity index (χ0n) is 8.61. The summed E-state index contributed by atoms with van der Waals surface area (Å²) in [5.74, 6) is 0. The molecule has 2 aromatic rings. The standard InChI is InChI=1S/C11H10N2O2Se/c1-7-9(14)12-11(15)13-10(7)16-8-5-3-2-4-6-8/h2-6H,1H3,(H2,12,13,14,15). The average molecular weight is 281 g/mol. The van der Waals surface area contributed by atoms with Gasteiger partial charge in [0, 0.05) is 0 Å². The molecule has 1 aromatic carbocycles. The van der Waals surface area contributed by atoms with Crippen molar-refractivity contribution in [2.24, 2.45) is 0 Å². The van der Waals surface area contributed by atoms with Gasteiger partial charge in [-0.2, -0.15) is 0 Å². The Labute approximate surface area is 97.9 Å². The number of hydrogen-bond donors (Lipinski definition) is 2. The van der Waals surface area contributed by atoms with E-state index in [1.54, 1.807) is 6.92 Å². The third-order valence-electron chi connectivity index (χ3n) is 2.10. The van der Waals surface area contributed by atoms with Crippen LogP contribution in [0.15, 0.2) is 39.9 Å². The fourth-order valence-corrected chi connectivity index (χ4v) is 3.16. The molecule has 0 unspecified atom stereocenters. The van der Waals surface area contributed by atoms with E-state index in [-0.39, 0.29) is 20.5 Å². The van der Waals surface area contributed by atoms with Crippen molar-refractivity contribution < 1.29 is 0 Å². The van der Waals surface area contributed by atoms with Crippen molar-refractivity contribution in [2.45, 2.75) is 6.92 Å². The van der Waals surface area contributed by atoms with E-state index in [1.807, 2.05) is 30.3 Å². The van der Waals surface area contributed by atoms with E-state index in [9.17, 15) is 9.59 Å². The van der Waals surface area contributed by atoms with Gasteiger partial charge in [-0.15, -0.1) is 0 Å². The molecule has 2 N–H and O–H groups in total. The SMILES string of the molecule is Cc1c([Se]c2ccccc2)[nH]c(=O)[nH]c1=O. The Hall–Kier alpha value is -1.58. The van der Waals surface area contributed by atoms with Crippen LogP contribution in [0.5, 0.6) is 0 Å². The van der Waals surface area contributed by atoms with Crippen molar-refractivity contribution in [3.8, 4) is 0 Å². The molecule has 0 saturated heterocycles. The van der Waals surface area contributed by atoms with Gasteiger partial charge in [0.15, 0.2) is 0 Å². The summed E-state index contributed by atoms with van der Waals surface area (Å²) >= 11 is -0.0429. The Kier molecular flexibility index (Phi) is 3.08. The van der Waals surface area contributed by atoms with E-state index < -0.39 is 5.69 Å². The Morgan fingerprint density at radius 2 is 1.75 bits per heavy atom. The molecule has 0 atom stereocenters. The molecule has 0 aliphatic rings. The van der Waals surface area contributed by atoms with Crippen LogP contribution in [0, 0.1) is 6.92 Å². The monoisotopic (exact) mass is 282 g/mol. The molecule has 16 heavy (non-hydrogen) atoms. The Bertz CT molecular complexity index is 601. The normalized spacial score (nSPS) is 10.3. The van der Waals surface area contributed by atoms with E-state index in [1.165, 1.54) is 0 Å². The number of benzene rings is 1. The molecule has 0 fully saturated rings. The van der Waals surface area contributed by atoms with Crippen molar-refractivity contribution in [2.75, 3.05) is 0 Å². The molecule has 0 radical (unpaired) electrons. The fourth-order valence-electron chi connectivity index (χ4n) is 1.24. The second kappa shape index (κ2) is 4.51. The van der Waals surface area contributed by atoms with Gasteiger partial charge in [0.1, 0.15) is 0 Å². The van der Waals surface area contributed by atoms with Crippen LogP contribution >= 0.6 is 0 Å². The molecule has 0 aliphatic carbocycles. The predicted molar refractivity (Wildman–Crippen MR) is 63.9 cm³/mol. The number of hydrogen-bond acceptors (Lipinski definition) is 2. The second-order valence-electron chi connectivity index (χ2n) is 3.28. The number of nitrogens with one attached hydrogen (secondary N) is 2. The van der Waals surface area contributed by atoms with Crippen molar-refractivity contribution >= 4 is 24.0 Å². The number of aromatic amines is 2. The molecule has 0 aliphatic heterocycles. The Morgan fingerprint density at radius 3 is 2.44 bits per heavy atom. The van der Waals surface area contributed by atoms with E-state index in [0.29, 0.717) is 5.56 Å². The first-order valence-electron chi connectivity index (χ1n) is 4.73. The van der Waals surface area contributed by atoms with Gasteiger partial charge in [-0.1, -0.05) is 0 Å². The van der Waals surface area contributed by atoms with Crippen molar-refractivity contribution in [1.29, 1.82) is 0 Å². The molecule has 2 rings (SSSR count). The third-order valence-corrected chi connectivity index (χ3v) is 4.45. The molecule has 82 valence electrons. The minimum atomic E-state index is -0.441. The van der Waals surface area contributed by atoms with Crippen molar-refractivity contribution in [3.05, 3.63) is 56.7 Å². The van der Waals surface area contributed by atoms with Crippen LogP contribution in [0.1, 0.15) is 5.56 Å². The Balaban J connectivity index is 2.43. The molecule has 0 bridgehead atoms. The number of rotatable bonds is 2. The van der Waals surface area contributed by atoms with Crippen LogP contribution in [0.4, 0.5) is 0 Å². The molecule has 0 amide bonds. The van der Waals surface area contributed by atoms with Crippen LogP contribution < -0.4 is 20.3 Å². The summed E-state index contributed by atoms with van der Waals surface area (Å²) in [6, 6.07) is 9.79. The zero-order chi connectivity index (χ0) is 11.5. The maximum absolute atomic E-state index is 11.4. The zero-order valence-corrected chi connectivity index (χ0v) is 10.3. The van der Waals surface area contributed by atoms with Gasteiger partial charge >= 0.3 is 97.6 Å². The second-order valence-corrected chi connectivity index (χ2v) is 5.55. The van der Waals surface area contributed by atoms with Gasteiger partial charge in [-0.05, 0) is 0 Å². The summed E-state index contributed by atoms with van der Waals surface area (Å²) in [5.41, 5.74) is -0.164. The van der Waals surface area contributed by atoms with E-state index in [4.69, 9.17) is 0 Å². The average Bonchev–Trinajstić information content (AvgIpc) is 2.27. The summed E-state index contributed by atoms with van der Waals surface area (Å²) < 4.78 is 1.85. The number of aromatic nitrogens is 2. The first kappa shape index (κ1) is 10.9. The van der Waals surface area contributed by atoms with Gasteiger partial charge in [-0.25, -0.2) is 0 Å². The quantitative estimate of drug-likeness (QED) is 0.695. The van der Waals surface area contributed by atoms with E-state index in [0.717, 1.165) is 9.05 Å². The molecule has 5 heteroatoms. The van der Waals surface area contributed by atoms with Gasteiger partial charge in [0.2, 0.25) is 0 Å². The van der Waals surface area contributed by atoms with Crippen LogP contribution in [0.2, 0.25) is 0 Å². The molecule has 1 heterocycles. The van der Waals surface area contributed by atoms with Crippen LogP contribution in [-0.4, -0.2) is 24.9 Å². The molecular formula is C11H10N2O2Se. The Morgan fingerprint density at radius 1 is 1.06 bits per heavy atom. The number of H-pyrrole nitrogens is 2. The van der Waals surface area contributed by atoms with Gasteiger partial charge < -0.3 is 0 Å². The molecule has 0 spiro atoms. The van der Waals surface area contributed by atoms with Crippen molar-refractivity contribution in [1.82, 2.24) is 9.97 Å². The first-order valence-corrected chi connectivity index (χ1v) is 6.44. The van der Waals surface area contributed by atoms with Crippen LogP contribution in [0.3, 0.4) is 0 Å². The molecule has 1 aromatic heterocycles. The molecular weight excluding hydrogens is 271 g/mol. The van der Waals surface area contributed by atoms with Gasteiger partial charge in [-0.3, -0.25) is 0 Å². The molecule has 0 saturated carbocycles. The van der Waals surface area contributed by atoms with Crippen molar-refractivity contribution in [3.63, 3.8) is 0 Å². The topological polar surface area (TPSA) is 65.7 Å².